The Kier molecular flexibility index (Phi) is 5.09. The summed E-state index contributed by atoms with van der Waals surface area (Å²) >= 11 is 9.35. The van der Waals surface area contributed by atoms with Gasteiger partial charge >= 0.3 is 0 Å². The van der Waals surface area contributed by atoms with Crippen molar-refractivity contribution in [2.75, 3.05) is 29.5 Å². The van der Waals surface area contributed by atoms with E-state index >= 15 is 0 Å². The number of benzene rings is 2. The number of hydrogen-bond acceptors (Lipinski definition) is 3. The molecule has 3 N–H and O–H groups in total. The molecule has 1 amide bonds. The number of nitrogens with zero attached hydrogens (tertiary/aromatic N) is 1. The molecule has 0 aliphatic carbocycles. The summed E-state index contributed by atoms with van der Waals surface area (Å²) in [4.78, 5) is 13.9. The lowest BCUT2D eigenvalue weighted by atomic mass is 10.2. The molecule has 0 atom stereocenters. The maximum absolute atomic E-state index is 12.1. The molecule has 21 heavy (non-hydrogen) atoms. The molecule has 0 unspecified atom stereocenters. The summed E-state index contributed by atoms with van der Waals surface area (Å²) < 4.78 is 0.836. The van der Waals surface area contributed by atoms with Crippen LogP contribution in [0.25, 0.3) is 0 Å². The summed E-state index contributed by atoms with van der Waals surface area (Å²) in [6, 6.07) is 12.6. The first-order chi connectivity index (χ1) is 9.97. The molecular weight excluding hydrogens is 354 g/mol. The third-order valence-electron chi connectivity index (χ3n) is 2.93. The fourth-order valence-electron chi connectivity index (χ4n) is 1.90. The van der Waals surface area contributed by atoms with Gasteiger partial charge in [0.05, 0.1) is 23.6 Å². The van der Waals surface area contributed by atoms with Gasteiger partial charge in [0, 0.05) is 16.5 Å². The SMILES string of the molecule is CN(CC(=O)Nc1ccccc1Br)c1cc(Cl)ccc1N. The number of hydrogen-bond donors (Lipinski definition) is 2. The average Bonchev–Trinajstić information content (AvgIpc) is 2.44. The van der Waals surface area contributed by atoms with Crippen LogP contribution >= 0.6 is 27.5 Å². The average molecular weight is 369 g/mol. The van der Waals surface area contributed by atoms with Gasteiger partial charge in [0.2, 0.25) is 5.91 Å². The Morgan fingerprint density at radius 1 is 1.33 bits per heavy atom. The number of amides is 1. The lowest BCUT2D eigenvalue weighted by Crippen LogP contribution is -2.30. The molecule has 0 bridgehead atoms. The largest absolute Gasteiger partial charge is 0.397 e. The van der Waals surface area contributed by atoms with Gasteiger partial charge in [-0.25, -0.2) is 0 Å². The van der Waals surface area contributed by atoms with Crippen LogP contribution in [-0.2, 0) is 4.79 Å². The second-order valence-electron chi connectivity index (χ2n) is 4.59. The summed E-state index contributed by atoms with van der Waals surface area (Å²) in [7, 11) is 1.79. The Labute approximate surface area is 137 Å². The van der Waals surface area contributed by atoms with Gasteiger partial charge in [0.15, 0.2) is 0 Å². The van der Waals surface area contributed by atoms with Crippen molar-refractivity contribution >= 4 is 50.5 Å². The van der Waals surface area contributed by atoms with Gasteiger partial charge in [0.25, 0.3) is 0 Å². The van der Waals surface area contributed by atoms with Gasteiger partial charge in [0.1, 0.15) is 0 Å². The van der Waals surface area contributed by atoms with Crippen molar-refractivity contribution in [3.8, 4) is 0 Å². The number of nitrogens with one attached hydrogen (secondary N) is 1. The molecule has 0 spiro atoms. The Morgan fingerprint density at radius 3 is 2.76 bits per heavy atom. The Morgan fingerprint density at radius 2 is 2.05 bits per heavy atom. The van der Waals surface area contributed by atoms with E-state index in [1.54, 1.807) is 30.1 Å². The maximum Gasteiger partial charge on any atom is 0.243 e. The van der Waals surface area contributed by atoms with Gasteiger partial charge < -0.3 is 16.0 Å². The van der Waals surface area contributed by atoms with Crippen LogP contribution in [0, 0.1) is 0 Å². The van der Waals surface area contributed by atoms with Crippen LogP contribution in [-0.4, -0.2) is 19.5 Å². The van der Waals surface area contributed by atoms with E-state index in [0.717, 1.165) is 15.8 Å². The molecule has 0 saturated heterocycles. The van der Waals surface area contributed by atoms with Crippen LogP contribution in [0.5, 0.6) is 0 Å². The summed E-state index contributed by atoms with van der Waals surface area (Å²) in [6.07, 6.45) is 0. The van der Waals surface area contributed by atoms with Crippen molar-refractivity contribution < 1.29 is 4.79 Å². The number of rotatable bonds is 4. The van der Waals surface area contributed by atoms with Crippen molar-refractivity contribution in [2.45, 2.75) is 0 Å². The third-order valence-corrected chi connectivity index (χ3v) is 3.86. The number of nitrogens with two attached hydrogens (primary N) is 1. The first kappa shape index (κ1) is 15.7. The van der Waals surface area contributed by atoms with Crippen LogP contribution in [0.1, 0.15) is 0 Å². The molecular formula is C15H15BrClN3O. The highest BCUT2D eigenvalue weighted by molar-refractivity contribution is 9.10. The van der Waals surface area contributed by atoms with Gasteiger partial charge in [-0.15, -0.1) is 0 Å². The number of para-hydroxylation sites is 1. The molecule has 0 radical (unpaired) electrons. The minimum atomic E-state index is -0.135. The lowest BCUT2D eigenvalue weighted by molar-refractivity contribution is -0.114. The summed E-state index contributed by atoms with van der Waals surface area (Å²) in [5, 5.41) is 3.42. The van der Waals surface area contributed by atoms with Gasteiger partial charge in [-0.1, -0.05) is 23.7 Å². The predicted octanol–water partition coefficient (Wildman–Crippen LogP) is 3.76. The molecule has 2 aromatic rings. The molecule has 0 aliphatic rings. The van der Waals surface area contributed by atoms with E-state index in [9.17, 15) is 4.79 Å². The molecule has 2 rings (SSSR count). The summed E-state index contributed by atoms with van der Waals surface area (Å²) in [5.41, 5.74) is 7.94. The van der Waals surface area contributed by atoms with Crippen molar-refractivity contribution in [2.24, 2.45) is 0 Å². The van der Waals surface area contributed by atoms with Crippen LogP contribution in [0.15, 0.2) is 46.9 Å². The van der Waals surface area contributed by atoms with E-state index in [-0.39, 0.29) is 12.5 Å². The monoisotopic (exact) mass is 367 g/mol. The number of halogens is 2. The zero-order valence-electron chi connectivity index (χ0n) is 11.4. The fraction of sp³-hybridized carbons (Fsp3) is 0.133. The topological polar surface area (TPSA) is 58.4 Å². The Bertz CT molecular complexity index is 663. The molecule has 0 heterocycles. The zero-order chi connectivity index (χ0) is 15.4. The highest BCUT2D eigenvalue weighted by Crippen LogP contribution is 2.26. The molecule has 110 valence electrons. The molecule has 0 saturated carbocycles. The third kappa shape index (κ3) is 4.12. The lowest BCUT2D eigenvalue weighted by Gasteiger charge is -2.21. The fourth-order valence-corrected chi connectivity index (χ4v) is 2.45. The first-order valence-electron chi connectivity index (χ1n) is 6.28. The minimum Gasteiger partial charge on any atom is -0.397 e. The predicted molar refractivity (Wildman–Crippen MR) is 91.9 cm³/mol. The number of nitrogen functional groups attached to an aromatic ring is 1. The van der Waals surface area contributed by atoms with E-state index in [1.165, 1.54) is 0 Å². The number of anilines is 3. The van der Waals surface area contributed by atoms with E-state index in [0.29, 0.717) is 10.7 Å². The van der Waals surface area contributed by atoms with Gasteiger partial charge in [-0.3, -0.25) is 4.79 Å². The van der Waals surface area contributed by atoms with Crippen LogP contribution in [0.4, 0.5) is 17.1 Å². The number of carbonyl (C=O) groups excluding carboxylic acids is 1. The highest BCUT2D eigenvalue weighted by atomic mass is 79.9. The summed E-state index contributed by atoms with van der Waals surface area (Å²) in [5.74, 6) is -0.135. The van der Waals surface area contributed by atoms with E-state index in [1.807, 2.05) is 24.3 Å². The molecule has 0 fully saturated rings. The second kappa shape index (κ2) is 6.83. The van der Waals surface area contributed by atoms with Gasteiger partial charge in [-0.2, -0.15) is 0 Å². The minimum absolute atomic E-state index is 0.135. The van der Waals surface area contributed by atoms with Crippen LogP contribution in [0.3, 0.4) is 0 Å². The Balaban J connectivity index is 2.06. The number of carbonyl (C=O) groups is 1. The normalized spacial score (nSPS) is 10.2. The van der Waals surface area contributed by atoms with Crippen LogP contribution < -0.4 is 16.0 Å². The van der Waals surface area contributed by atoms with Crippen molar-refractivity contribution in [1.82, 2.24) is 0 Å². The van der Waals surface area contributed by atoms with Crippen molar-refractivity contribution in [1.29, 1.82) is 0 Å². The standard InChI is InChI=1S/C15H15BrClN3O/c1-20(14-8-10(17)6-7-12(14)18)9-15(21)19-13-5-3-2-4-11(13)16/h2-8H,9,18H2,1H3,(H,19,21). The molecule has 0 aromatic heterocycles. The van der Waals surface area contributed by atoms with E-state index in [4.69, 9.17) is 17.3 Å². The van der Waals surface area contributed by atoms with Crippen molar-refractivity contribution in [3.05, 3.63) is 52.0 Å². The van der Waals surface area contributed by atoms with Crippen LogP contribution in [0.2, 0.25) is 5.02 Å². The molecule has 0 aliphatic heterocycles. The molecule has 4 nitrogen and oxygen atoms in total. The number of likely N-dealkylation sites (N-methyl/N-ethyl adjacent to an activating group) is 1. The van der Waals surface area contributed by atoms with E-state index < -0.39 is 0 Å². The van der Waals surface area contributed by atoms with E-state index in [2.05, 4.69) is 21.2 Å². The Hall–Kier alpha value is -1.72. The maximum atomic E-state index is 12.1. The first-order valence-corrected chi connectivity index (χ1v) is 7.45. The summed E-state index contributed by atoms with van der Waals surface area (Å²) in [6.45, 7) is 0.172. The molecule has 2 aromatic carbocycles. The van der Waals surface area contributed by atoms with Gasteiger partial charge in [-0.05, 0) is 46.3 Å². The smallest absolute Gasteiger partial charge is 0.243 e. The zero-order valence-corrected chi connectivity index (χ0v) is 13.8. The quantitative estimate of drug-likeness (QED) is 0.808. The molecule has 6 heteroatoms. The second-order valence-corrected chi connectivity index (χ2v) is 5.88. The van der Waals surface area contributed by atoms with Crippen molar-refractivity contribution in [3.63, 3.8) is 0 Å². The highest BCUT2D eigenvalue weighted by Gasteiger charge is 2.11.